The highest BCUT2D eigenvalue weighted by atomic mass is 15.1. The van der Waals surface area contributed by atoms with Crippen molar-refractivity contribution >= 4 is 0 Å². The molecule has 0 fully saturated rings. The molecule has 162 valence electrons. The van der Waals surface area contributed by atoms with E-state index < -0.39 is 0 Å². The van der Waals surface area contributed by atoms with Crippen LogP contribution < -0.4 is 0 Å². The molecule has 0 saturated carbocycles. The Bertz CT molecular complexity index is 603. The molecule has 1 aromatic heterocycles. The van der Waals surface area contributed by atoms with E-state index in [9.17, 15) is 0 Å². The fourth-order valence-electron chi connectivity index (χ4n) is 4.78. The minimum absolute atomic E-state index is 0.524. The van der Waals surface area contributed by atoms with Crippen LogP contribution in [0.15, 0.2) is 49.1 Å². The zero-order chi connectivity index (χ0) is 20.7. The van der Waals surface area contributed by atoms with Crippen LogP contribution in [-0.2, 0) is 6.42 Å². The van der Waals surface area contributed by atoms with Gasteiger partial charge < -0.3 is 4.57 Å². The van der Waals surface area contributed by atoms with E-state index in [2.05, 4.69) is 66.9 Å². The third-order valence-electron chi connectivity index (χ3n) is 6.30. The van der Waals surface area contributed by atoms with Gasteiger partial charge in [0.15, 0.2) is 0 Å². The Hall–Kier alpha value is -1.57. The lowest BCUT2D eigenvalue weighted by Crippen LogP contribution is -2.25. The van der Waals surface area contributed by atoms with E-state index in [1.807, 2.05) is 12.5 Å². The van der Waals surface area contributed by atoms with Crippen molar-refractivity contribution in [3.05, 3.63) is 54.6 Å². The van der Waals surface area contributed by atoms with Gasteiger partial charge in [0.25, 0.3) is 0 Å². The van der Waals surface area contributed by atoms with Gasteiger partial charge in [-0.2, -0.15) is 0 Å². The maximum absolute atomic E-state index is 4.33. The SMILES string of the molecule is CCCCCCCCCCCCC(Cc1ccccc1)C(C(C)C)n1ccnc1. The van der Waals surface area contributed by atoms with Crippen molar-refractivity contribution < 1.29 is 0 Å². The highest BCUT2D eigenvalue weighted by Crippen LogP contribution is 2.33. The van der Waals surface area contributed by atoms with Crippen LogP contribution in [0.2, 0.25) is 0 Å². The molecule has 0 bridgehead atoms. The van der Waals surface area contributed by atoms with E-state index in [1.54, 1.807) is 0 Å². The summed E-state index contributed by atoms with van der Waals surface area (Å²) < 4.78 is 2.36. The second-order valence-corrected chi connectivity index (χ2v) is 9.16. The molecule has 0 radical (unpaired) electrons. The molecular formula is C27H44N2. The maximum atomic E-state index is 4.33. The number of hydrogen-bond donors (Lipinski definition) is 0. The molecule has 0 aliphatic carbocycles. The number of unbranched alkanes of at least 4 members (excludes halogenated alkanes) is 9. The van der Waals surface area contributed by atoms with Crippen LogP contribution in [-0.4, -0.2) is 9.55 Å². The summed E-state index contributed by atoms with van der Waals surface area (Å²) >= 11 is 0. The van der Waals surface area contributed by atoms with Crippen LogP contribution in [0.4, 0.5) is 0 Å². The van der Waals surface area contributed by atoms with Crippen molar-refractivity contribution in [3.8, 4) is 0 Å². The van der Waals surface area contributed by atoms with E-state index in [4.69, 9.17) is 0 Å². The van der Waals surface area contributed by atoms with Crippen molar-refractivity contribution in [3.63, 3.8) is 0 Å². The highest BCUT2D eigenvalue weighted by Gasteiger charge is 2.25. The molecular weight excluding hydrogens is 352 g/mol. The smallest absolute Gasteiger partial charge is 0.0948 e. The van der Waals surface area contributed by atoms with Crippen molar-refractivity contribution in [1.82, 2.24) is 9.55 Å². The molecule has 2 heteroatoms. The molecule has 2 nitrogen and oxygen atoms in total. The van der Waals surface area contributed by atoms with Gasteiger partial charge in [-0.05, 0) is 30.2 Å². The number of nitrogens with zero attached hydrogens (tertiary/aromatic N) is 2. The van der Waals surface area contributed by atoms with E-state index in [0.29, 0.717) is 17.9 Å². The number of rotatable bonds is 16. The van der Waals surface area contributed by atoms with Gasteiger partial charge >= 0.3 is 0 Å². The standard InChI is InChI=1S/C27H44N2/c1-4-5-6-7-8-9-10-11-12-16-19-26(22-25-17-14-13-15-18-25)27(24(2)3)29-21-20-28-23-29/h13-15,17-18,20-21,23-24,26-27H,4-12,16,19,22H2,1-3H3. The fourth-order valence-corrected chi connectivity index (χ4v) is 4.78. The van der Waals surface area contributed by atoms with E-state index in [-0.39, 0.29) is 0 Å². The van der Waals surface area contributed by atoms with Gasteiger partial charge in [0.05, 0.1) is 6.33 Å². The lowest BCUT2D eigenvalue weighted by Gasteiger charge is -2.32. The predicted octanol–water partition coefficient (Wildman–Crippen LogP) is 8.25. The summed E-state index contributed by atoms with van der Waals surface area (Å²) in [6.07, 6.45) is 22.6. The summed E-state index contributed by atoms with van der Waals surface area (Å²) in [6, 6.07) is 11.6. The predicted molar refractivity (Wildman–Crippen MR) is 126 cm³/mol. The second-order valence-electron chi connectivity index (χ2n) is 9.16. The normalized spacial score (nSPS) is 13.7. The third kappa shape index (κ3) is 9.19. The van der Waals surface area contributed by atoms with Crippen LogP contribution in [0, 0.1) is 11.8 Å². The second kappa shape index (κ2) is 14.4. The molecule has 2 atom stereocenters. The summed E-state index contributed by atoms with van der Waals surface area (Å²) in [5.74, 6) is 1.28. The molecule has 0 saturated heterocycles. The van der Waals surface area contributed by atoms with E-state index in [0.717, 1.165) is 0 Å². The summed E-state index contributed by atoms with van der Waals surface area (Å²) in [7, 11) is 0. The van der Waals surface area contributed by atoms with Gasteiger partial charge in [0, 0.05) is 18.4 Å². The lowest BCUT2D eigenvalue weighted by atomic mass is 9.82. The maximum Gasteiger partial charge on any atom is 0.0948 e. The van der Waals surface area contributed by atoms with Crippen LogP contribution in [0.3, 0.4) is 0 Å². The first-order chi connectivity index (χ1) is 14.2. The zero-order valence-corrected chi connectivity index (χ0v) is 19.2. The summed E-state index contributed by atoms with van der Waals surface area (Å²) in [6.45, 7) is 7.02. The van der Waals surface area contributed by atoms with Crippen molar-refractivity contribution in [2.45, 2.75) is 104 Å². The highest BCUT2D eigenvalue weighted by molar-refractivity contribution is 5.15. The molecule has 0 amide bonds. The van der Waals surface area contributed by atoms with Gasteiger partial charge in [-0.25, -0.2) is 4.98 Å². The Balaban J connectivity index is 1.81. The van der Waals surface area contributed by atoms with Crippen molar-refractivity contribution in [2.75, 3.05) is 0 Å². The molecule has 0 aliphatic rings. The molecule has 2 aromatic rings. The van der Waals surface area contributed by atoms with Gasteiger partial charge in [-0.3, -0.25) is 0 Å². The summed E-state index contributed by atoms with van der Waals surface area (Å²) in [5.41, 5.74) is 1.47. The van der Waals surface area contributed by atoms with Gasteiger partial charge in [0.1, 0.15) is 0 Å². The average molecular weight is 397 g/mol. The Morgan fingerprint density at radius 1 is 0.828 bits per heavy atom. The number of aromatic nitrogens is 2. The quantitative estimate of drug-likeness (QED) is 0.261. The molecule has 2 rings (SSSR count). The first-order valence-corrected chi connectivity index (χ1v) is 12.2. The first kappa shape index (κ1) is 23.7. The van der Waals surface area contributed by atoms with Gasteiger partial charge in [-0.1, -0.05) is 115 Å². The topological polar surface area (TPSA) is 17.8 Å². The van der Waals surface area contributed by atoms with E-state index >= 15 is 0 Å². The first-order valence-electron chi connectivity index (χ1n) is 12.2. The Labute approximate surface area is 180 Å². The van der Waals surface area contributed by atoms with E-state index in [1.165, 1.54) is 82.6 Å². The van der Waals surface area contributed by atoms with Crippen molar-refractivity contribution in [2.24, 2.45) is 11.8 Å². The van der Waals surface area contributed by atoms with Gasteiger partial charge in [-0.15, -0.1) is 0 Å². The largest absolute Gasteiger partial charge is 0.334 e. The molecule has 0 aliphatic heterocycles. The third-order valence-corrected chi connectivity index (χ3v) is 6.30. The monoisotopic (exact) mass is 396 g/mol. The fraction of sp³-hybridized carbons (Fsp3) is 0.667. The Morgan fingerprint density at radius 3 is 2.00 bits per heavy atom. The lowest BCUT2D eigenvalue weighted by molar-refractivity contribution is 0.234. The molecule has 29 heavy (non-hydrogen) atoms. The number of imidazole rings is 1. The molecule has 1 aromatic carbocycles. The van der Waals surface area contributed by atoms with Crippen LogP contribution in [0.5, 0.6) is 0 Å². The van der Waals surface area contributed by atoms with Crippen molar-refractivity contribution in [1.29, 1.82) is 0 Å². The zero-order valence-electron chi connectivity index (χ0n) is 19.2. The molecule has 0 N–H and O–H groups in total. The Kier molecular flexibility index (Phi) is 11.8. The number of hydrogen-bond acceptors (Lipinski definition) is 1. The minimum atomic E-state index is 0.524. The minimum Gasteiger partial charge on any atom is -0.334 e. The van der Waals surface area contributed by atoms with Crippen LogP contribution in [0.25, 0.3) is 0 Å². The average Bonchev–Trinajstić information content (AvgIpc) is 3.24. The molecule has 1 heterocycles. The molecule has 0 spiro atoms. The summed E-state index contributed by atoms with van der Waals surface area (Å²) in [4.78, 5) is 4.33. The van der Waals surface area contributed by atoms with Crippen LogP contribution in [0.1, 0.15) is 103 Å². The summed E-state index contributed by atoms with van der Waals surface area (Å²) in [5, 5.41) is 0. The molecule has 2 unspecified atom stereocenters. The Morgan fingerprint density at radius 2 is 1.45 bits per heavy atom. The van der Waals surface area contributed by atoms with Gasteiger partial charge in [0.2, 0.25) is 0 Å². The van der Waals surface area contributed by atoms with Crippen LogP contribution >= 0.6 is 0 Å². The number of benzene rings is 1.